The molecule has 1 aliphatic heterocycles. The largest absolute Gasteiger partial charge is 0.481 e. The Bertz CT molecular complexity index is 278. The van der Waals surface area contributed by atoms with E-state index in [0.717, 1.165) is 13.0 Å². The van der Waals surface area contributed by atoms with Gasteiger partial charge in [-0.25, -0.2) is 4.79 Å². The molecule has 5 nitrogen and oxygen atoms in total. The highest BCUT2D eigenvalue weighted by Crippen LogP contribution is 2.17. The number of carboxylic acid groups (broad SMARTS) is 2. The van der Waals surface area contributed by atoms with Crippen LogP contribution in [-0.4, -0.2) is 34.9 Å². The quantitative estimate of drug-likeness (QED) is 0.408. The van der Waals surface area contributed by atoms with Gasteiger partial charge in [0.2, 0.25) is 0 Å². The molecule has 0 bridgehead atoms. The van der Waals surface area contributed by atoms with Crippen LogP contribution >= 0.6 is 0 Å². The molecule has 0 radical (unpaired) electrons. The van der Waals surface area contributed by atoms with Crippen LogP contribution in [0.1, 0.15) is 19.3 Å². The van der Waals surface area contributed by atoms with Crippen molar-refractivity contribution in [1.29, 1.82) is 0 Å². The summed E-state index contributed by atoms with van der Waals surface area (Å²) in [6.07, 6.45) is 3.05. The molecule has 90 valence electrons. The number of carbonyl (C=O) groups is 2. The SMILES string of the molecule is C=C(CCC1CO1)C(=O)O.C=CCC(=O)O. The second kappa shape index (κ2) is 7.64. The molecule has 5 heteroatoms. The second-order valence-corrected chi connectivity index (χ2v) is 3.29. The molecule has 1 rings (SSSR count). The second-order valence-electron chi connectivity index (χ2n) is 3.29. The highest BCUT2D eigenvalue weighted by Gasteiger charge is 2.22. The fourth-order valence-corrected chi connectivity index (χ4v) is 0.800. The third-order valence-corrected chi connectivity index (χ3v) is 1.79. The van der Waals surface area contributed by atoms with Crippen LogP contribution in [0.25, 0.3) is 0 Å². The average molecular weight is 228 g/mol. The molecule has 0 aliphatic carbocycles. The minimum atomic E-state index is -0.902. The van der Waals surface area contributed by atoms with Crippen LogP contribution in [0.4, 0.5) is 0 Å². The van der Waals surface area contributed by atoms with Gasteiger partial charge in [0.25, 0.3) is 0 Å². The Morgan fingerprint density at radius 3 is 2.25 bits per heavy atom. The maximum Gasteiger partial charge on any atom is 0.330 e. The predicted octanol–water partition coefficient (Wildman–Crippen LogP) is 1.45. The number of aliphatic carboxylic acids is 2. The predicted molar refractivity (Wildman–Crippen MR) is 58.2 cm³/mol. The number of epoxide rings is 1. The number of ether oxygens (including phenoxy) is 1. The molecule has 1 fully saturated rings. The first kappa shape index (κ1) is 14.4. The molecular weight excluding hydrogens is 212 g/mol. The van der Waals surface area contributed by atoms with E-state index in [9.17, 15) is 9.59 Å². The standard InChI is InChI=1S/C7H10O3.C4H6O2/c1-5(7(8)9)2-3-6-4-10-6;1-2-3-4(5)6/h6H,1-4H2,(H,8,9);2H,1,3H2,(H,5,6). The van der Waals surface area contributed by atoms with Crippen molar-refractivity contribution in [2.45, 2.75) is 25.4 Å². The summed E-state index contributed by atoms with van der Waals surface area (Å²) in [6.45, 7) is 7.40. The summed E-state index contributed by atoms with van der Waals surface area (Å²) < 4.78 is 4.90. The molecule has 2 N–H and O–H groups in total. The molecule has 1 heterocycles. The van der Waals surface area contributed by atoms with Crippen molar-refractivity contribution in [1.82, 2.24) is 0 Å². The fraction of sp³-hybridized carbons (Fsp3) is 0.455. The van der Waals surface area contributed by atoms with E-state index in [4.69, 9.17) is 14.9 Å². The van der Waals surface area contributed by atoms with Crippen molar-refractivity contribution < 1.29 is 24.5 Å². The van der Waals surface area contributed by atoms with Gasteiger partial charge in [-0.05, 0) is 12.8 Å². The van der Waals surface area contributed by atoms with Gasteiger partial charge in [-0.3, -0.25) is 4.79 Å². The van der Waals surface area contributed by atoms with Crippen molar-refractivity contribution in [3.63, 3.8) is 0 Å². The molecule has 16 heavy (non-hydrogen) atoms. The van der Waals surface area contributed by atoms with Gasteiger partial charge in [0.05, 0.1) is 19.1 Å². The van der Waals surface area contributed by atoms with E-state index >= 15 is 0 Å². The minimum absolute atomic E-state index is 0.0556. The van der Waals surface area contributed by atoms with E-state index < -0.39 is 11.9 Å². The van der Waals surface area contributed by atoms with Gasteiger partial charge in [-0.15, -0.1) is 6.58 Å². The molecule has 0 spiro atoms. The molecule has 1 atom stereocenters. The van der Waals surface area contributed by atoms with E-state index in [0.29, 0.717) is 12.5 Å². The van der Waals surface area contributed by atoms with E-state index in [-0.39, 0.29) is 12.0 Å². The van der Waals surface area contributed by atoms with Crippen molar-refractivity contribution in [2.24, 2.45) is 0 Å². The maximum absolute atomic E-state index is 10.2. The van der Waals surface area contributed by atoms with Gasteiger partial charge in [0, 0.05) is 5.57 Å². The number of hydrogen-bond donors (Lipinski definition) is 2. The monoisotopic (exact) mass is 228 g/mol. The molecule has 0 saturated carbocycles. The van der Waals surface area contributed by atoms with Crippen LogP contribution < -0.4 is 0 Å². The summed E-state index contributed by atoms with van der Waals surface area (Å²) >= 11 is 0. The molecule has 0 aromatic heterocycles. The molecule has 0 aromatic carbocycles. The molecule has 0 amide bonds. The first-order valence-corrected chi connectivity index (χ1v) is 4.82. The summed E-state index contributed by atoms with van der Waals surface area (Å²) in [4.78, 5) is 19.7. The zero-order valence-electron chi connectivity index (χ0n) is 9.02. The van der Waals surface area contributed by atoms with Gasteiger partial charge in [-0.1, -0.05) is 12.7 Å². The lowest BCUT2D eigenvalue weighted by Crippen LogP contribution is -1.99. The zero-order valence-corrected chi connectivity index (χ0v) is 9.02. The molecule has 1 aliphatic rings. The van der Waals surface area contributed by atoms with Crippen LogP contribution in [0.5, 0.6) is 0 Å². The third kappa shape index (κ3) is 8.96. The lowest BCUT2D eigenvalue weighted by atomic mass is 10.1. The number of carboxylic acids is 2. The Morgan fingerprint density at radius 1 is 1.44 bits per heavy atom. The summed E-state index contributed by atoms with van der Waals surface area (Å²) in [5, 5.41) is 16.2. The lowest BCUT2D eigenvalue weighted by molar-refractivity contribution is -0.136. The van der Waals surface area contributed by atoms with E-state index in [2.05, 4.69) is 13.2 Å². The fourth-order valence-electron chi connectivity index (χ4n) is 0.800. The normalized spacial score (nSPS) is 16.6. The van der Waals surface area contributed by atoms with Crippen molar-refractivity contribution in [3.05, 3.63) is 24.8 Å². The Balaban J connectivity index is 0.000000325. The minimum Gasteiger partial charge on any atom is -0.481 e. The van der Waals surface area contributed by atoms with Crippen molar-refractivity contribution in [3.8, 4) is 0 Å². The van der Waals surface area contributed by atoms with Gasteiger partial charge in [0.1, 0.15) is 0 Å². The molecule has 0 aromatic rings. The Labute approximate surface area is 94.0 Å². The maximum atomic E-state index is 10.2. The Kier molecular flexibility index (Phi) is 6.87. The molecule has 1 unspecified atom stereocenters. The molecular formula is C11H16O5. The third-order valence-electron chi connectivity index (χ3n) is 1.79. The first-order valence-electron chi connectivity index (χ1n) is 4.82. The van der Waals surface area contributed by atoms with Crippen LogP contribution in [0.2, 0.25) is 0 Å². The van der Waals surface area contributed by atoms with Gasteiger partial charge in [-0.2, -0.15) is 0 Å². The molecule has 1 saturated heterocycles. The number of hydrogen-bond acceptors (Lipinski definition) is 3. The summed E-state index contributed by atoms with van der Waals surface area (Å²) in [6, 6.07) is 0. The van der Waals surface area contributed by atoms with Crippen molar-refractivity contribution >= 4 is 11.9 Å². The zero-order chi connectivity index (χ0) is 12.6. The van der Waals surface area contributed by atoms with Gasteiger partial charge in [0.15, 0.2) is 0 Å². The van der Waals surface area contributed by atoms with Crippen LogP contribution in [0.3, 0.4) is 0 Å². The smallest absolute Gasteiger partial charge is 0.330 e. The van der Waals surface area contributed by atoms with E-state index in [1.807, 2.05) is 0 Å². The highest BCUT2D eigenvalue weighted by atomic mass is 16.6. The Hall–Kier alpha value is -1.62. The Morgan fingerprint density at radius 2 is 2.00 bits per heavy atom. The topological polar surface area (TPSA) is 87.1 Å². The number of rotatable bonds is 6. The van der Waals surface area contributed by atoms with Crippen LogP contribution in [0, 0.1) is 0 Å². The van der Waals surface area contributed by atoms with Crippen LogP contribution in [0.15, 0.2) is 24.8 Å². The lowest BCUT2D eigenvalue weighted by Gasteiger charge is -1.95. The summed E-state index contributed by atoms with van der Waals surface area (Å²) in [5.41, 5.74) is 0.274. The van der Waals surface area contributed by atoms with Gasteiger partial charge < -0.3 is 14.9 Å². The summed E-state index contributed by atoms with van der Waals surface area (Å²) in [5.74, 6) is -1.73. The van der Waals surface area contributed by atoms with E-state index in [1.54, 1.807) is 0 Å². The van der Waals surface area contributed by atoms with Crippen molar-refractivity contribution in [2.75, 3.05) is 6.61 Å². The highest BCUT2D eigenvalue weighted by molar-refractivity contribution is 5.85. The average Bonchev–Trinajstić information content (AvgIpc) is 2.98. The summed E-state index contributed by atoms with van der Waals surface area (Å²) in [7, 11) is 0. The van der Waals surface area contributed by atoms with Gasteiger partial charge >= 0.3 is 11.9 Å². The van der Waals surface area contributed by atoms with Crippen LogP contribution in [-0.2, 0) is 14.3 Å². The first-order chi connectivity index (χ1) is 7.47. The van der Waals surface area contributed by atoms with E-state index in [1.165, 1.54) is 6.08 Å².